The third kappa shape index (κ3) is 2.44. The van der Waals surface area contributed by atoms with Gasteiger partial charge in [0.2, 0.25) is 5.95 Å². The van der Waals surface area contributed by atoms with Crippen LogP contribution in [0.15, 0.2) is 0 Å². The topological polar surface area (TPSA) is 56.1 Å². The molecule has 15 heavy (non-hydrogen) atoms. The Morgan fingerprint density at radius 1 is 1.60 bits per heavy atom. The van der Waals surface area contributed by atoms with E-state index in [0.717, 1.165) is 32.1 Å². The van der Waals surface area contributed by atoms with Crippen LogP contribution in [-0.2, 0) is 11.8 Å². The summed E-state index contributed by atoms with van der Waals surface area (Å²) in [5.74, 6) is 1.40. The fraction of sp³-hybridized carbons (Fsp3) is 0.889. The van der Waals surface area contributed by atoms with Gasteiger partial charge in [0.1, 0.15) is 0 Å². The van der Waals surface area contributed by atoms with Crippen LogP contribution < -0.4 is 4.90 Å². The van der Waals surface area contributed by atoms with Crippen molar-refractivity contribution in [1.82, 2.24) is 20.2 Å². The fourth-order valence-electron chi connectivity index (χ4n) is 1.97. The molecule has 2 heterocycles. The maximum absolute atomic E-state index is 5.45. The number of aryl methyl sites for hydroxylation is 1. The van der Waals surface area contributed by atoms with E-state index in [1.807, 2.05) is 14.1 Å². The highest BCUT2D eigenvalue weighted by molar-refractivity contribution is 5.25. The van der Waals surface area contributed by atoms with Crippen LogP contribution >= 0.6 is 0 Å². The Morgan fingerprint density at radius 2 is 2.47 bits per heavy atom. The van der Waals surface area contributed by atoms with Gasteiger partial charge in [-0.05, 0) is 29.2 Å². The molecule has 0 spiro atoms. The van der Waals surface area contributed by atoms with Gasteiger partial charge in [0.05, 0.1) is 6.61 Å². The minimum atomic E-state index is 0.598. The first-order valence-electron chi connectivity index (χ1n) is 5.28. The zero-order valence-corrected chi connectivity index (χ0v) is 9.26. The lowest BCUT2D eigenvalue weighted by Gasteiger charge is -2.26. The Hall–Kier alpha value is -1.17. The molecule has 1 fully saturated rings. The second-order valence-electron chi connectivity index (χ2n) is 4.07. The van der Waals surface area contributed by atoms with Crippen LogP contribution in [0.25, 0.3) is 0 Å². The molecule has 0 aliphatic carbocycles. The zero-order valence-electron chi connectivity index (χ0n) is 9.26. The molecule has 0 radical (unpaired) electrons. The molecule has 0 amide bonds. The molecule has 6 nitrogen and oxygen atoms in total. The third-order valence-electron chi connectivity index (χ3n) is 2.73. The number of ether oxygens (including phenoxy) is 1. The van der Waals surface area contributed by atoms with Gasteiger partial charge in [-0.2, -0.15) is 0 Å². The van der Waals surface area contributed by atoms with Crippen LogP contribution in [-0.4, -0.2) is 47.0 Å². The Balaban J connectivity index is 1.91. The SMILES string of the molecule is CN(CC1CCCOC1)c1nnnn1C. The van der Waals surface area contributed by atoms with Crippen LogP contribution in [0.5, 0.6) is 0 Å². The first-order valence-corrected chi connectivity index (χ1v) is 5.28. The number of anilines is 1. The second kappa shape index (κ2) is 4.57. The van der Waals surface area contributed by atoms with Gasteiger partial charge in [0.15, 0.2) is 0 Å². The molecule has 0 saturated carbocycles. The van der Waals surface area contributed by atoms with E-state index in [1.54, 1.807) is 4.68 Å². The maximum atomic E-state index is 5.45. The summed E-state index contributed by atoms with van der Waals surface area (Å²) in [4.78, 5) is 2.08. The lowest BCUT2D eigenvalue weighted by molar-refractivity contribution is 0.0575. The molecule has 2 rings (SSSR count). The van der Waals surface area contributed by atoms with E-state index in [4.69, 9.17) is 4.74 Å². The van der Waals surface area contributed by atoms with E-state index >= 15 is 0 Å². The van der Waals surface area contributed by atoms with E-state index in [-0.39, 0.29) is 0 Å². The van der Waals surface area contributed by atoms with Crippen LogP contribution in [0.4, 0.5) is 5.95 Å². The Bertz CT molecular complexity index is 307. The fourth-order valence-corrected chi connectivity index (χ4v) is 1.97. The Labute approximate surface area is 89.2 Å². The molecule has 1 unspecified atom stereocenters. The van der Waals surface area contributed by atoms with Gasteiger partial charge in [-0.15, -0.1) is 0 Å². The molecular formula is C9H17N5O. The number of tetrazole rings is 1. The van der Waals surface area contributed by atoms with Crippen molar-refractivity contribution < 1.29 is 4.74 Å². The van der Waals surface area contributed by atoms with E-state index in [0.29, 0.717) is 5.92 Å². The van der Waals surface area contributed by atoms with E-state index in [1.165, 1.54) is 6.42 Å². The summed E-state index contributed by atoms with van der Waals surface area (Å²) in [5, 5.41) is 11.4. The highest BCUT2D eigenvalue weighted by Crippen LogP contribution is 2.16. The molecular weight excluding hydrogens is 194 g/mol. The molecule has 0 aromatic carbocycles. The standard InChI is InChI=1S/C9H17N5O/c1-13(9-10-11-12-14(9)2)6-8-4-3-5-15-7-8/h8H,3-7H2,1-2H3. The lowest BCUT2D eigenvalue weighted by Crippen LogP contribution is -2.32. The first kappa shape index (κ1) is 10.4. The predicted octanol–water partition coefficient (Wildman–Crippen LogP) is 0.0729. The van der Waals surface area contributed by atoms with Gasteiger partial charge in [0.25, 0.3) is 0 Å². The van der Waals surface area contributed by atoms with Crippen LogP contribution in [0, 0.1) is 5.92 Å². The monoisotopic (exact) mass is 211 g/mol. The van der Waals surface area contributed by atoms with Crippen molar-refractivity contribution in [3.63, 3.8) is 0 Å². The predicted molar refractivity (Wildman–Crippen MR) is 55.6 cm³/mol. The first-order chi connectivity index (χ1) is 7.27. The quantitative estimate of drug-likeness (QED) is 0.708. The van der Waals surface area contributed by atoms with Crippen molar-refractivity contribution in [2.24, 2.45) is 13.0 Å². The highest BCUT2D eigenvalue weighted by Gasteiger charge is 2.18. The molecule has 0 N–H and O–H groups in total. The summed E-state index contributed by atoms with van der Waals surface area (Å²) in [7, 11) is 3.86. The van der Waals surface area contributed by atoms with Gasteiger partial charge in [0, 0.05) is 27.2 Å². The second-order valence-corrected chi connectivity index (χ2v) is 4.07. The van der Waals surface area contributed by atoms with Gasteiger partial charge in [-0.1, -0.05) is 5.10 Å². The van der Waals surface area contributed by atoms with E-state index in [9.17, 15) is 0 Å². The molecule has 1 atom stereocenters. The highest BCUT2D eigenvalue weighted by atomic mass is 16.5. The molecule has 1 saturated heterocycles. The normalized spacial score (nSPS) is 21.6. The summed E-state index contributed by atoms with van der Waals surface area (Å²) in [6, 6.07) is 0. The number of rotatable bonds is 3. The molecule has 1 aromatic heterocycles. The maximum Gasteiger partial charge on any atom is 0.245 e. The molecule has 1 aliphatic heterocycles. The van der Waals surface area contributed by atoms with Crippen molar-refractivity contribution in [1.29, 1.82) is 0 Å². The van der Waals surface area contributed by atoms with Crippen molar-refractivity contribution in [2.45, 2.75) is 12.8 Å². The average molecular weight is 211 g/mol. The van der Waals surface area contributed by atoms with Crippen molar-refractivity contribution in [3.8, 4) is 0 Å². The lowest BCUT2D eigenvalue weighted by atomic mass is 10.0. The molecule has 1 aliphatic rings. The Morgan fingerprint density at radius 3 is 3.07 bits per heavy atom. The summed E-state index contributed by atoms with van der Waals surface area (Å²) in [5.41, 5.74) is 0. The van der Waals surface area contributed by atoms with Crippen molar-refractivity contribution >= 4 is 5.95 Å². The number of nitrogens with zero attached hydrogens (tertiary/aromatic N) is 5. The largest absolute Gasteiger partial charge is 0.381 e. The summed E-state index contributed by atoms with van der Waals surface area (Å²) < 4.78 is 7.13. The zero-order chi connectivity index (χ0) is 10.7. The van der Waals surface area contributed by atoms with Crippen LogP contribution in [0.3, 0.4) is 0 Å². The molecule has 6 heteroatoms. The number of hydrogen-bond donors (Lipinski definition) is 0. The molecule has 84 valence electrons. The number of hydrogen-bond acceptors (Lipinski definition) is 5. The van der Waals surface area contributed by atoms with Crippen LogP contribution in [0.2, 0.25) is 0 Å². The molecule has 1 aromatic rings. The van der Waals surface area contributed by atoms with Crippen molar-refractivity contribution in [2.75, 3.05) is 31.7 Å². The minimum absolute atomic E-state index is 0.598. The summed E-state index contributed by atoms with van der Waals surface area (Å²) in [6.07, 6.45) is 2.39. The van der Waals surface area contributed by atoms with Crippen LogP contribution in [0.1, 0.15) is 12.8 Å². The van der Waals surface area contributed by atoms with E-state index in [2.05, 4.69) is 20.4 Å². The number of aromatic nitrogens is 4. The smallest absolute Gasteiger partial charge is 0.245 e. The Kier molecular flexibility index (Phi) is 3.15. The van der Waals surface area contributed by atoms with Gasteiger partial charge < -0.3 is 9.64 Å². The summed E-state index contributed by atoms with van der Waals surface area (Å²) >= 11 is 0. The van der Waals surface area contributed by atoms with Gasteiger partial charge in [-0.3, -0.25) is 0 Å². The average Bonchev–Trinajstić information content (AvgIpc) is 2.66. The third-order valence-corrected chi connectivity index (χ3v) is 2.73. The summed E-state index contributed by atoms with van der Waals surface area (Å²) in [6.45, 7) is 2.72. The van der Waals surface area contributed by atoms with Gasteiger partial charge >= 0.3 is 0 Å². The molecule has 0 bridgehead atoms. The van der Waals surface area contributed by atoms with E-state index < -0.39 is 0 Å². The minimum Gasteiger partial charge on any atom is -0.381 e. The van der Waals surface area contributed by atoms with Gasteiger partial charge in [-0.25, -0.2) is 4.68 Å². The van der Waals surface area contributed by atoms with Crippen molar-refractivity contribution in [3.05, 3.63) is 0 Å².